The molecule has 1 fully saturated rings. The summed E-state index contributed by atoms with van der Waals surface area (Å²) in [5, 5.41) is 13.0. The fourth-order valence-corrected chi connectivity index (χ4v) is 2.77. The number of ether oxygens (including phenoxy) is 1. The van der Waals surface area contributed by atoms with Crippen LogP contribution in [0.25, 0.3) is 0 Å². The van der Waals surface area contributed by atoms with E-state index in [4.69, 9.17) is 27.9 Å². The second kappa shape index (κ2) is 6.57. The molecule has 0 aromatic heterocycles. The standard InChI is InChI=1S/C13H15Cl2NO3/c14-9-4-1-5-10(15)11(9)12(13(17)18)16-7-8-3-2-6-19-8/h1,4-5,8,12,16H,2-3,6-7H2,(H,17,18). The van der Waals surface area contributed by atoms with E-state index in [-0.39, 0.29) is 6.10 Å². The van der Waals surface area contributed by atoms with Crippen LogP contribution in [-0.4, -0.2) is 30.3 Å². The number of nitrogens with one attached hydrogen (secondary N) is 1. The van der Waals surface area contributed by atoms with Crippen LogP contribution in [0, 0.1) is 0 Å². The van der Waals surface area contributed by atoms with Crippen molar-refractivity contribution in [2.24, 2.45) is 0 Å². The fraction of sp³-hybridized carbons (Fsp3) is 0.462. The lowest BCUT2D eigenvalue weighted by Gasteiger charge is -2.19. The third-order valence-corrected chi connectivity index (χ3v) is 3.77. The third kappa shape index (κ3) is 3.60. The average Bonchev–Trinajstić information content (AvgIpc) is 2.85. The van der Waals surface area contributed by atoms with Crippen LogP contribution < -0.4 is 5.32 Å². The molecule has 1 aliphatic heterocycles. The lowest BCUT2D eigenvalue weighted by molar-refractivity contribution is -0.139. The van der Waals surface area contributed by atoms with Crippen LogP contribution in [0.2, 0.25) is 10.0 Å². The Kier molecular flexibility index (Phi) is 5.05. The molecule has 2 unspecified atom stereocenters. The molecule has 0 saturated carbocycles. The molecule has 0 spiro atoms. The monoisotopic (exact) mass is 303 g/mol. The van der Waals surface area contributed by atoms with Crippen molar-refractivity contribution < 1.29 is 14.6 Å². The Hall–Kier alpha value is -0.810. The van der Waals surface area contributed by atoms with Crippen LogP contribution >= 0.6 is 23.2 Å². The molecule has 2 rings (SSSR count). The maximum absolute atomic E-state index is 11.4. The minimum Gasteiger partial charge on any atom is -0.480 e. The summed E-state index contributed by atoms with van der Waals surface area (Å²) in [7, 11) is 0. The molecule has 104 valence electrons. The molecule has 1 heterocycles. The Morgan fingerprint density at radius 1 is 1.47 bits per heavy atom. The number of halogens is 2. The number of aliphatic carboxylic acids is 1. The lowest BCUT2D eigenvalue weighted by Crippen LogP contribution is -2.34. The van der Waals surface area contributed by atoms with E-state index in [1.807, 2.05) is 0 Å². The van der Waals surface area contributed by atoms with Gasteiger partial charge in [-0.05, 0) is 25.0 Å². The van der Waals surface area contributed by atoms with Crippen molar-refractivity contribution in [2.75, 3.05) is 13.2 Å². The first-order chi connectivity index (χ1) is 9.09. The van der Waals surface area contributed by atoms with Crippen molar-refractivity contribution >= 4 is 29.2 Å². The molecule has 2 atom stereocenters. The van der Waals surface area contributed by atoms with Crippen LogP contribution in [0.5, 0.6) is 0 Å². The number of carbonyl (C=O) groups is 1. The van der Waals surface area contributed by atoms with E-state index in [1.54, 1.807) is 18.2 Å². The van der Waals surface area contributed by atoms with Crippen LogP contribution in [-0.2, 0) is 9.53 Å². The van der Waals surface area contributed by atoms with Gasteiger partial charge in [0.25, 0.3) is 0 Å². The maximum atomic E-state index is 11.4. The molecule has 1 saturated heterocycles. The van der Waals surface area contributed by atoms with Crippen LogP contribution in [0.15, 0.2) is 18.2 Å². The SMILES string of the molecule is O=C(O)C(NCC1CCCO1)c1c(Cl)cccc1Cl. The van der Waals surface area contributed by atoms with Gasteiger partial charge < -0.3 is 9.84 Å². The predicted octanol–water partition coefficient (Wildman–Crippen LogP) is 2.89. The van der Waals surface area contributed by atoms with E-state index in [1.165, 1.54) is 0 Å². The molecule has 19 heavy (non-hydrogen) atoms. The molecule has 1 aromatic carbocycles. The highest BCUT2D eigenvalue weighted by atomic mass is 35.5. The molecule has 2 N–H and O–H groups in total. The second-order valence-corrected chi connectivity index (χ2v) is 5.26. The largest absolute Gasteiger partial charge is 0.480 e. The Morgan fingerprint density at radius 2 is 2.16 bits per heavy atom. The highest BCUT2D eigenvalue weighted by Crippen LogP contribution is 2.30. The van der Waals surface area contributed by atoms with Gasteiger partial charge in [-0.1, -0.05) is 29.3 Å². The van der Waals surface area contributed by atoms with Crippen LogP contribution in [0.4, 0.5) is 0 Å². The first kappa shape index (κ1) is 14.6. The molecular formula is C13H15Cl2NO3. The third-order valence-electron chi connectivity index (χ3n) is 3.11. The fourth-order valence-electron chi connectivity index (χ4n) is 2.15. The van der Waals surface area contributed by atoms with Gasteiger partial charge >= 0.3 is 5.97 Å². The van der Waals surface area contributed by atoms with Crippen LogP contribution in [0.1, 0.15) is 24.4 Å². The van der Waals surface area contributed by atoms with Gasteiger partial charge in [0.2, 0.25) is 0 Å². The van der Waals surface area contributed by atoms with Crippen molar-refractivity contribution in [1.29, 1.82) is 0 Å². The minimum atomic E-state index is -1.01. The molecule has 6 heteroatoms. The van der Waals surface area contributed by atoms with E-state index in [0.717, 1.165) is 19.4 Å². The van der Waals surface area contributed by atoms with E-state index in [9.17, 15) is 9.90 Å². The van der Waals surface area contributed by atoms with Gasteiger partial charge in [0.15, 0.2) is 0 Å². The summed E-state index contributed by atoms with van der Waals surface area (Å²) in [6.45, 7) is 1.20. The minimum absolute atomic E-state index is 0.0584. The highest BCUT2D eigenvalue weighted by molar-refractivity contribution is 6.36. The van der Waals surface area contributed by atoms with Gasteiger partial charge in [0.1, 0.15) is 6.04 Å². The number of carboxylic acid groups (broad SMARTS) is 1. The summed E-state index contributed by atoms with van der Waals surface area (Å²) in [4.78, 5) is 11.4. The molecule has 0 bridgehead atoms. The van der Waals surface area contributed by atoms with E-state index in [2.05, 4.69) is 5.32 Å². The molecule has 1 aliphatic rings. The second-order valence-electron chi connectivity index (χ2n) is 4.45. The normalized spacial score (nSPS) is 20.4. The van der Waals surface area contributed by atoms with Crippen molar-refractivity contribution in [1.82, 2.24) is 5.32 Å². The molecule has 1 aromatic rings. The quantitative estimate of drug-likeness (QED) is 0.878. The molecule has 0 amide bonds. The predicted molar refractivity (Wildman–Crippen MR) is 73.8 cm³/mol. The first-order valence-electron chi connectivity index (χ1n) is 6.11. The first-order valence-corrected chi connectivity index (χ1v) is 6.87. The van der Waals surface area contributed by atoms with E-state index >= 15 is 0 Å². The maximum Gasteiger partial charge on any atom is 0.325 e. The Labute approximate surface area is 121 Å². The Bertz CT molecular complexity index is 441. The number of carboxylic acids is 1. The highest BCUT2D eigenvalue weighted by Gasteiger charge is 2.26. The van der Waals surface area contributed by atoms with Gasteiger partial charge in [-0.2, -0.15) is 0 Å². The molecule has 0 aliphatic carbocycles. The number of hydrogen-bond donors (Lipinski definition) is 2. The van der Waals surface area contributed by atoms with Crippen molar-refractivity contribution in [3.05, 3.63) is 33.8 Å². The topological polar surface area (TPSA) is 58.6 Å². The van der Waals surface area contributed by atoms with Gasteiger partial charge in [-0.25, -0.2) is 0 Å². The van der Waals surface area contributed by atoms with Crippen LogP contribution in [0.3, 0.4) is 0 Å². The van der Waals surface area contributed by atoms with Gasteiger partial charge in [-0.3, -0.25) is 10.1 Å². The summed E-state index contributed by atoms with van der Waals surface area (Å²) in [6.07, 6.45) is 2.01. The number of hydrogen-bond acceptors (Lipinski definition) is 3. The van der Waals surface area contributed by atoms with E-state index < -0.39 is 12.0 Å². The molecular weight excluding hydrogens is 289 g/mol. The Morgan fingerprint density at radius 3 is 2.68 bits per heavy atom. The summed E-state index contributed by atoms with van der Waals surface area (Å²) < 4.78 is 5.46. The number of rotatable bonds is 5. The average molecular weight is 304 g/mol. The summed E-state index contributed by atoms with van der Waals surface area (Å²) >= 11 is 12.1. The number of benzene rings is 1. The van der Waals surface area contributed by atoms with Gasteiger partial charge in [0.05, 0.1) is 6.10 Å². The molecule has 0 radical (unpaired) electrons. The summed E-state index contributed by atoms with van der Waals surface area (Å²) in [6, 6.07) is 4.02. The van der Waals surface area contributed by atoms with Crippen molar-refractivity contribution in [3.63, 3.8) is 0 Å². The van der Waals surface area contributed by atoms with Crippen molar-refractivity contribution in [3.8, 4) is 0 Å². The summed E-state index contributed by atoms with van der Waals surface area (Å²) in [5.41, 5.74) is 0.399. The molecule has 4 nitrogen and oxygen atoms in total. The Balaban J connectivity index is 2.13. The zero-order valence-electron chi connectivity index (χ0n) is 10.2. The van der Waals surface area contributed by atoms with E-state index in [0.29, 0.717) is 22.2 Å². The lowest BCUT2D eigenvalue weighted by atomic mass is 10.1. The zero-order valence-corrected chi connectivity index (χ0v) is 11.7. The smallest absolute Gasteiger partial charge is 0.325 e. The summed E-state index contributed by atoms with van der Waals surface area (Å²) in [5.74, 6) is -1.01. The van der Waals surface area contributed by atoms with Gasteiger partial charge in [0, 0.05) is 28.8 Å². The van der Waals surface area contributed by atoms with Gasteiger partial charge in [-0.15, -0.1) is 0 Å². The zero-order chi connectivity index (χ0) is 13.8. The van der Waals surface area contributed by atoms with Crippen molar-refractivity contribution in [2.45, 2.75) is 25.0 Å².